The van der Waals surface area contributed by atoms with Crippen LogP contribution in [0.25, 0.3) is 0 Å². The van der Waals surface area contributed by atoms with E-state index in [0.29, 0.717) is 6.67 Å². The minimum Gasteiger partial charge on any atom is -0.279 e. The van der Waals surface area contributed by atoms with Gasteiger partial charge in [-0.2, -0.15) is 5.10 Å². The van der Waals surface area contributed by atoms with Crippen molar-refractivity contribution in [1.82, 2.24) is 5.01 Å². The van der Waals surface area contributed by atoms with E-state index in [1.54, 1.807) is 17.4 Å². The molecule has 0 aromatic carbocycles. The molecule has 0 N–H and O–H groups in total. The average Bonchev–Trinajstić information content (AvgIpc) is 1.69. The zero-order chi connectivity index (χ0) is 5.11. The van der Waals surface area contributed by atoms with Crippen LogP contribution in [0.2, 0.25) is 0 Å². The molecule has 0 bridgehead atoms. The highest BCUT2D eigenvalue weighted by Gasteiger charge is 1.88. The van der Waals surface area contributed by atoms with Crippen LogP contribution in [0, 0.1) is 0 Å². The van der Waals surface area contributed by atoms with Crippen molar-refractivity contribution in [2.24, 2.45) is 10.1 Å². The number of hydrogen-bond acceptors (Lipinski definition) is 3. The fraction of sp³-hybridized carbons (Fsp3) is 0.500. The summed E-state index contributed by atoms with van der Waals surface area (Å²) < 4.78 is 0. The smallest absolute Gasteiger partial charge is 0.126 e. The molecule has 1 aliphatic rings. The molecule has 0 saturated carbocycles. The van der Waals surface area contributed by atoms with Crippen LogP contribution in [0.3, 0.4) is 0 Å². The van der Waals surface area contributed by atoms with E-state index in [1.807, 2.05) is 7.05 Å². The van der Waals surface area contributed by atoms with E-state index >= 15 is 0 Å². The molecule has 0 saturated heterocycles. The summed E-state index contributed by atoms with van der Waals surface area (Å²) in [5, 5.41) is 5.65. The van der Waals surface area contributed by atoms with Crippen molar-refractivity contribution >= 4 is 12.4 Å². The zero-order valence-electron chi connectivity index (χ0n) is 4.20. The minimum atomic E-state index is 0.691. The highest BCUT2D eigenvalue weighted by molar-refractivity contribution is 6.16. The van der Waals surface area contributed by atoms with E-state index < -0.39 is 0 Å². The monoisotopic (exact) mass is 97.1 g/mol. The second-order valence-electron chi connectivity index (χ2n) is 1.40. The topological polar surface area (TPSA) is 28.0 Å². The molecule has 3 nitrogen and oxygen atoms in total. The third-order valence-electron chi connectivity index (χ3n) is 0.722. The fourth-order valence-corrected chi connectivity index (χ4v) is 0.393. The highest BCUT2D eigenvalue weighted by Crippen LogP contribution is 1.84. The van der Waals surface area contributed by atoms with Crippen LogP contribution in [0.5, 0.6) is 0 Å². The SMILES string of the molecule is CN1CN=CC=N1. The second-order valence-corrected chi connectivity index (χ2v) is 1.40. The molecular weight excluding hydrogens is 90.1 g/mol. The molecular formula is C4H7N3. The first kappa shape index (κ1) is 4.30. The summed E-state index contributed by atoms with van der Waals surface area (Å²) in [6.45, 7) is 0.691. The quantitative estimate of drug-likeness (QED) is 0.416. The molecule has 7 heavy (non-hydrogen) atoms. The van der Waals surface area contributed by atoms with Crippen LogP contribution in [0.4, 0.5) is 0 Å². The molecule has 0 unspecified atom stereocenters. The molecule has 0 radical (unpaired) electrons. The Hall–Kier alpha value is -0.860. The third kappa shape index (κ3) is 0.994. The van der Waals surface area contributed by atoms with Gasteiger partial charge in [-0.1, -0.05) is 0 Å². The molecule has 0 amide bonds. The molecule has 3 heteroatoms. The van der Waals surface area contributed by atoms with Crippen LogP contribution in [0.1, 0.15) is 0 Å². The summed E-state index contributed by atoms with van der Waals surface area (Å²) in [6, 6.07) is 0. The van der Waals surface area contributed by atoms with E-state index in [4.69, 9.17) is 0 Å². The molecule has 1 aliphatic heterocycles. The average molecular weight is 97.1 g/mol. The molecule has 0 spiro atoms. The van der Waals surface area contributed by atoms with Gasteiger partial charge in [-0.25, -0.2) is 0 Å². The van der Waals surface area contributed by atoms with Gasteiger partial charge in [0.25, 0.3) is 0 Å². The lowest BCUT2D eigenvalue weighted by atomic mass is 10.7. The standard InChI is InChI=1S/C4H7N3/c1-7-4-5-2-3-6-7/h2-3H,4H2,1H3. The first-order valence-electron chi connectivity index (χ1n) is 2.13. The Morgan fingerprint density at radius 3 is 2.71 bits per heavy atom. The van der Waals surface area contributed by atoms with Gasteiger partial charge in [0.1, 0.15) is 6.67 Å². The van der Waals surface area contributed by atoms with Gasteiger partial charge < -0.3 is 0 Å². The van der Waals surface area contributed by atoms with Crippen molar-refractivity contribution in [3.05, 3.63) is 0 Å². The largest absolute Gasteiger partial charge is 0.279 e. The predicted octanol–water partition coefficient (Wildman–Crippen LogP) is -0.0541. The second kappa shape index (κ2) is 1.73. The van der Waals surface area contributed by atoms with E-state index in [-0.39, 0.29) is 0 Å². The first-order valence-corrected chi connectivity index (χ1v) is 2.13. The molecule has 0 aromatic heterocycles. The van der Waals surface area contributed by atoms with E-state index in [1.165, 1.54) is 0 Å². The third-order valence-corrected chi connectivity index (χ3v) is 0.722. The van der Waals surface area contributed by atoms with Crippen molar-refractivity contribution in [2.75, 3.05) is 13.7 Å². The summed E-state index contributed by atoms with van der Waals surface area (Å²) in [4.78, 5) is 3.91. The Balaban J connectivity index is 2.49. The van der Waals surface area contributed by atoms with E-state index in [9.17, 15) is 0 Å². The summed E-state index contributed by atoms with van der Waals surface area (Å²) >= 11 is 0. The summed E-state index contributed by atoms with van der Waals surface area (Å²) in [5.41, 5.74) is 0. The Kier molecular flexibility index (Phi) is 1.06. The lowest BCUT2D eigenvalue weighted by Crippen LogP contribution is -2.14. The van der Waals surface area contributed by atoms with Crippen molar-refractivity contribution < 1.29 is 0 Å². The number of rotatable bonds is 0. The van der Waals surface area contributed by atoms with Gasteiger partial charge in [-0.15, -0.1) is 0 Å². The van der Waals surface area contributed by atoms with Gasteiger partial charge in [0.05, 0.1) is 6.21 Å². The fourth-order valence-electron chi connectivity index (χ4n) is 0.393. The molecule has 38 valence electrons. The lowest BCUT2D eigenvalue weighted by Gasteiger charge is -2.09. The van der Waals surface area contributed by atoms with Crippen molar-refractivity contribution in [3.63, 3.8) is 0 Å². The van der Waals surface area contributed by atoms with Gasteiger partial charge in [-0.3, -0.25) is 10.0 Å². The molecule has 0 fully saturated rings. The summed E-state index contributed by atoms with van der Waals surface area (Å²) in [5.74, 6) is 0. The number of hydrogen-bond donors (Lipinski definition) is 0. The van der Waals surface area contributed by atoms with E-state index in [2.05, 4.69) is 10.1 Å². The maximum absolute atomic E-state index is 3.91. The highest BCUT2D eigenvalue weighted by atomic mass is 15.5. The van der Waals surface area contributed by atoms with Crippen LogP contribution in [-0.4, -0.2) is 31.2 Å². The molecule has 1 heterocycles. The molecule has 0 atom stereocenters. The first-order chi connectivity index (χ1) is 3.39. The minimum absolute atomic E-state index is 0.691. The Morgan fingerprint density at radius 2 is 2.43 bits per heavy atom. The van der Waals surface area contributed by atoms with E-state index in [0.717, 1.165) is 0 Å². The van der Waals surface area contributed by atoms with Gasteiger partial charge in [0.15, 0.2) is 0 Å². The maximum Gasteiger partial charge on any atom is 0.126 e. The molecule has 0 aromatic rings. The lowest BCUT2D eigenvalue weighted by molar-refractivity contribution is 0.367. The van der Waals surface area contributed by atoms with Crippen LogP contribution < -0.4 is 0 Å². The van der Waals surface area contributed by atoms with Gasteiger partial charge in [0.2, 0.25) is 0 Å². The molecule has 1 rings (SSSR count). The normalized spacial score (nSPS) is 18.1. The Labute approximate surface area is 42.3 Å². The van der Waals surface area contributed by atoms with Crippen LogP contribution in [0.15, 0.2) is 10.1 Å². The van der Waals surface area contributed by atoms with Crippen LogP contribution >= 0.6 is 0 Å². The van der Waals surface area contributed by atoms with Crippen molar-refractivity contribution in [1.29, 1.82) is 0 Å². The van der Waals surface area contributed by atoms with Gasteiger partial charge in [0, 0.05) is 13.3 Å². The van der Waals surface area contributed by atoms with Crippen molar-refractivity contribution in [2.45, 2.75) is 0 Å². The van der Waals surface area contributed by atoms with Gasteiger partial charge in [-0.05, 0) is 0 Å². The summed E-state index contributed by atoms with van der Waals surface area (Å²) in [7, 11) is 1.88. The Bertz CT molecular complexity index is 106. The number of nitrogens with zero attached hydrogens (tertiary/aromatic N) is 3. The zero-order valence-corrected chi connectivity index (χ0v) is 4.20. The van der Waals surface area contributed by atoms with Crippen molar-refractivity contribution in [3.8, 4) is 0 Å². The predicted molar refractivity (Wildman–Crippen MR) is 29.6 cm³/mol. The summed E-state index contributed by atoms with van der Waals surface area (Å²) in [6.07, 6.45) is 3.36. The number of hydrazone groups is 1. The molecule has 0 aliphatic carbocycles. The maximum atomic E-state index is 3.91. The number of aliphatic imine (C=N–C) groups is 1. The Morgan fingerprint density at radius 1 is 1.57 bits per heavy atom. The van der Waals surface area contributed by atoms with Crippen LogP contribution in [-0.2, 0) is 0 Å². The van der Waals surface area contributed by atoms with Gasteiger partial charge >= 0.3 is 0 Å².